The lowest BCUT2D eigenvalue weighted by molar-refractivity contribution is 0.596. The molecule has 0 aromatic heterocycles. The first-order valence-electron chi connectivity index (χ1n) is 4.60. The van der Waals surface area contributed by atoms with E-state index in [0.717, 1.165) is 5.56 Å². The van der Waals surface area contributed by atoms with Gasteiger partial charge >= 0.3 is 0 Å². The first-order valence-corrected chi connectivity index (χ1v) is 7.04. The van der Waals surface area contributed by atoms with Crippen molar-refractivity contribution in [1.29, 1.82) is 0 Å². The summed E-state index contributed by atoms with van der Waals surface area (Å²) in [5.41, 5.74) is 1.09. The largest absolute Gasteiger partial charge is 0.312 e. The molecule has 0 amide bonds. The molecule has 5 heteroatoms. The van der Waals surface area contributed by atoms with Crippen molar-refractivity contribution in [3.63, 3.8) is 0 Å². The van der Waals surface area contributed by atoms with Crippen LogP contribution in [0.15, 0.2) is 24.3 Å². The van der Waals surface area contributed by atoms with E-state index in [2.05, 4.69) is 5.32 Å². The van der Waals surface area contributed by atoms with Gasteiger partial charge in [0.15, 0.2) is 0 Å². The van der Waals surface area contributed by atoms with Gasteiger partial charge in [0.2, 0.25) is 0 Å². The molecule has 0 unspecified atom stereocenters. The van der Waals surface area contributed by atoms with Crippen LogP contribution in [-0.4, -0.2) is 27.0 Å². The van der Waals surface area contributed by atoms with Gasteiger partial charge in [-0.25, -0.2) is 8.42 Å². The van der Waals surface area contributed by atoms with Crippen molar-refractivity contribution in [3.8, 4) is 0 Å². The first-order chi connectivity index (χ1) is 6.97. The summed E-state index contributed by atoms with van der Waals surface area (Å²) in [6.45, 7) is 1.13. The molecule has 1 rings (SSSR count). The van der Waals surface area contributed by atoms with E-state index in [1.165, 1.54) is 6.26 Å². The van der Waals surface area contributed by atoms with Gasteiger partial charge in [-0.1, -0.05) is 23.7 Å². The zero-order valence-electron chi connectivity index (χ0n) is 8.53. The molecular formula is C10H14ClNO2S. The molecule has 15 heavy (non-hydrogen) atoms. The Bertz CT molecular complexity index is 400. The third kappa shape index (κ3) is 5.77. The lowest BCUT2D eigenvalue weighted by Gasteiger charge is -2.03. The molecule has 0 saturated carbocycles. The normalized spacial score (nSPS) is 11.6. The van der Waals surface area contributed by atoms with Gasteiger partial charge in [0.1, 0.15) is 9.84 Å². The second kappa shape index (κ2) is 5.49. The standard InChI is InChI=1S/C10H14ClNO2S/c1-15(13,14)7-6-12-8-9-2-4-10(11)5-3-9/h2-5,12H,6-8H2,1H3. The first kappa shape index (κ1) is 12.5. The zero-order valence-corrected chi connectivity index (χ0v) is 10.1. The van der Waals surface area contributed by atoms with Crippen molar-refractivity contribution < 1.29 is 8.42 Å². The van der Waals surface area contributed by atoms with Gasteiger partial charge in [0.05, 0.1) is 5.75 Å². The number of sulfone groups is 1. The van der Waals surface area contributed by atoms with Crippen molar-refractivity contribution >= 4 is 21.4 Å². The number of halogens is 1. The summed E-state index contributed by atoms with van der Waals surface area (Å²) >= 11 is 5.73. The number of benzene rings is 1. The lowest BCUT2D eigenvalue weighted by Crippen LogP contribution is -2.21. The minimum absolute atomic E-state index is 0.167. The van der Waals surface area contributed by atoms with Crippen LogP contribution in [0.3, 0.4) is 0 Å². The van der Waals surface area contributed by atoms with Gasteiger partial charge in [-0.2, -0.15) is 0 Å². The van der Waals surface area contributed by atoms with Crippen LogP contribution in [0, 0.1) is 0 Å². The van der Waals surface area contributed by atoms with Crippen LogP contribution in [-0.2, 0) is 16.4 Å². The van der Waals surface area contributed by atoms with Crippen LogP contribution in [0.2, 0.25) is 5.02 Å². The fraction of sp³-hybridized carbons (Fsp3) is 0.400. The average Bonchev–Trinajstić information content (AvgIpc) is 2.14. The molecule has 1 N–H and O–H groups in total. The molecule has 0 radical (unpaired) electrons. The summed E-state index contributed by atoms with van der Waals surface area (Å²) in [5, 5.41) is 3.76. The van der Waals surface area contributed by atoms with Crippen LogP contribution < -0.4 is 5.32 Å². The monoisotopic (exact) mass is 247 g/mol. The molecule has 1 aromatic rings. The third-order valence-corrected chi connectivity index (χ3v) is 3.09. The van der Waals surface area contributed by atoms with E-state index in [9.17, 15) is 8.42 Å². The van der Waals surface area contributed by atoms with Crippen molar-refractivity contribution in [2.24, 2.45) is 0 Å². The highest BCUT2D eigenvalue weighted by atomic mass is 35.5. The van der Waals surface area contributed by atoms with Gasteiger partial charge in [-0.15, -0.1) is 0 Å². The Labute approximate surface area is 95.4 Å². The lowest BCUT2D eigenvalue weighted by atomic mass is 10.2. The summed E-state index contributed by atoms with van der Waals surface area (Å²) in [6.07, 6.45) is 1.23. The van der Waals surface area contributed by atoms with E-state index in [1.54, 1.807) is 0 Å². The Hall–Kier alpha value is -0.580. The van der Waals surface area contributed by atoms with E-state index in [0.29, 0.717) is 18.1 Å². The molecule has 0 heterocycles. The summed E-state index contributed by atoms with van der Waals surface area (Å²) < 4.78 is 21.7. The van der Waals surface area contributed by atoms with Gasteiger partial charge in [-0.05, 0) is 17.7 Å². The third-order valence-electron chi connectivity index (χ3n) is 1.89. The number of nitrogens with one attached hydrogen (secondary N) is 1. The van der Waals surface area contributed by atoms with Crippen LogP contribution >= 0.6 is 11.6 Å². The molecule has 0 aliphatic carbocycles. The van der Waals surface area contributed by atoms with Gasteiger partial charge in [-0.3, -0.25) is 0 Å². The molecule has 0 bridgehead atoms. The second-order valence-corrected chi connectivity index (χ2v) is 6.13. The Morgan fingerprint density at radius 1 is 1.27 bits per heavy atom. The van der Waals surface area contributed by atoms with Gasteiger partial charge in [0, 0.05) is 24.4 Å². The highest BCUT2D eigenvalue weighted by Gasteiger charge is 2.00. The average molecular weight is 248 g/mol. The van der Waals surface area contributed by atoms with Crippen LogP contribution in [0.4, 0.5) is 0 Å². The maximum Gasteiger partial charge on any atom is 0.148 e. The Morgan fingerprint density at radius 3 is 2.40 bits per heavy atom. The number of hydrogen-bond donors (Lipinski definition) is 1. The molecule has 0 atom stereocenters. The van der Waals surface area contributed by atoms with Gasteiger partial charge in [0.25, 0.3) is 0 Å². The molecule has 1 aromatic carbocycles. The topological polar surface area (TPSA) is 46.2 Å². The van der Waals surface area contributed by atoms with Crippen molar-refractivity contribution in [2.75, 3.05) is 18.6 Å². The maximum atomic E-state index is 10.8. The van der Waals surface area contributed by atoms with Crippen molar-refractivity contribution in [2.45, 2.75) is 6.54 Å². The Balaban J connectivity index is 2.29. The maximum absolute atomic E-state index is 10.8. The molecule has 84 valence electrons. The number of hydrogen-bond acceptors (Lipinski definition) is 3. The highest BCUT2D eigenvalue weighted by molar-refractivity contribution is 7.90. The zero-order chi connectivity index (χ0) is 11.3. The van der Waals surface area contributed by atoms with E-state index in [4.69, 9.17) is 11.6 Å². The highest BCUT2D eigenvalue weighted by Crippen LogP contribution is 2.08. The van der Waals surface area contributed by atoms with E-state index < -0.39 is 9.84 Å². The molecule has 0 fully saturated rings. The van der Waals surface area contributed by atoms with Crippen molar-refractivity contribution in [3.05, 3.63) is 34.9 Å². The minimum Gasteiger partial charge on any atom is -0.312 e. The SMILES string of the molecule is CS(=O)(=O)CCNCc1ccc(Cl)cc1. The van der Waals surface area contributed by atoms with E-state index in [-0.39, 0.29) is 5.75 Å². The molecule has 0 saturated heterocycles. The summed E-state index contributed by atoms with van der Waals surface area (Å²) in [5.74, 6) is 0.167. The van der Waals surface area contributed by atoms with E-state index in [1.807, 2.05) is 24.3 Å². The van der Waals surface area contributed by atoms with Crippen molar-refractivity contribution in [1.82, 2.24) is 5.32 Å². The molecule has 3 nitrogen and oxygen atoms in total. The second-order valence-electron chi connectivity index (χ2n) is 3.43. The van der Waals surface area contributed by atoms with Crippen LogP contribution in [0.5, 0.6) is 0 Å². The smallest absolute Gasteiger partial charge is 0.148 e. The molecule has 0 aliphatic rings. The van der Waals surface area contributed by atoms with E-state index >= 15 is 0 Å². The van der Waals surface area contributed by atoms with Crippen LogP contribution in [0.1, 0.15) is 5.56 Å². The Kier molecular flexibility index (Phi) is 4.57. The predicted octanol–water partition coefficient (Wildman–Crippen LogP) is 1.47. The number of rotatable bonds is 5. The fourth-order valence-corrected chi connectivity index (χ4v) is 1.73. The molecule has 0 aliphatic heterocycles. The Morgan fingerprint density at radius 2 is 1.87 bits per heavy atom. The summed E-state index contributed by atoms with van der Waals surface area (Å²) in [6, 6.07) is 7.45. The van der Waals surface area contributed by atoms with Crippen LogP contribution in [0.25, 0.3) is 0 Å². The summed E-state index contributed by atoms with van der Waals surface area (Å²) in [7, 11) is -2.87. The molecule has 0 spiro atoms. The fourth-order valence-electron chi connectivity index (χ4n) is 1.09. The molecular weight excluding hydrogens is 234 g/mol. The minimum atomic E-state index is -2.87. The van der Waals surface area contributed by atoms with Gasteiger partial charge < -0.3 is 5.32 Å². The predicted molar refractivity (Wildman–Crippen MR) is 62.9 cm³/mol. The quantitative estimate of drug-likeness (QED) is 0.802. The summed E-state index contributed by atoms with van der Waals surface area (Å²) in [4.78, 5) is 0.